The number of benzene rings is 2. The standard InChI is InChI=1S/C15H15N3O2S/c19-21(20)15-9-5-4-8-14(15)17-12-18(21)11-10-16-13-6-2-1-3-7-13/h1-9,12,16H,10-11H2. The highest BCUT2D eigenvalue weighted by Gasteiger charge is 2.27. The monoisotopic (exact) mass is 301 g/mol. The van der Waals surface area contributed by atoms with E-state index in [-0.39, 0.29) is 4.90 Å². The lowest BCUT2D eigenvalue weighted by atomic mass is 10.3. The number of hydrogen-bond donors (Lipinski definition) is 1. The van der Waals surface area contributed by atoms with Crippen LogP contribution in [0.3, 0.4) is 0 Å². The molecule has 21 heavy (non-hydrogen) atoms. The first-order valence-electron chi connectivity index (χ1n) is 6.62. The number of sulfonamides is 1. The summed E-state index contributed by atoms with van der Waals surface area (Å²) in [6.45, 7) is 0.840. The Morgan fingerprint density at radius 3 is 2.52 bits per heavy atom. The lowest BCUT2D eigenvalue weighted by molar-refractivity contribution is 0.530. The Bertz CT molecular complexity index is 757. The fraction of sp³-hybridized carbons (Fsp3) is 0.133. The first-order valence-corrected chi connectivity index (χ1v) is 8.06. The minimum Gasteiger partial charge on any atom is -0.383 e. The van der Waals surface area contributed by atoms with Gasteiger partial charge in [0, 0.05) is 12.2 Å². The van der Waals surface area contributed by atoms with Gasteiger partial charge in [-0.2, -0.15) is 0 Å². The summed E-state index contributed by atoms with van der Waals surface area (Å²) in [5.74, 6) is 0. The fourth-order valence-electron chi connectivity index (χ4n) is 2.14. The van der Waals surface area contributed by atoms with Crippen LogP contribution < -0.4 is 5.32 Å². The Morgan fingerprint density at radius 1 is 1.00 bits per heavy atom. The molecule has 0 bridgehead atoms. The van der Waals surface area contributed by atoms with Crippen LogP contribution in [0.15, 0.2) is 64.5 Å². The molecule has 0 atom stereocenters. The molecule has 0 unspecified atom stereocenters. The maximum Gasteiger partial charge on any atom is 0.267 e. The molecular formula is C15H15N3O2S. The number of hydrogen-bond acceptors (Lipinski definition) is 4. The lowest BCUT2D eigenvalue weighted by Gasteiger charge is -2.24. The van der Waals surface area contributed by atoms with Crippen LogP contribution in [0.1, 0.15) is 0 Å². The van der Waals surface area contributed by atoms with Gasteiger partial charge in [-0.25, -0.2) is 13.4 Å². The number of fused-ring (bicyclic) bond motifs is 1. The Labute approximate surface area is 124 Å². The van der Waals surface area contributed by atoms with Crippen LogP contribution in [0.25, 0.3) is 0 Å². The predicted octanol–water partition coefficient (Wildman–Crippen LogP) is 2.46. The number of nitrogens with one attached hydrogen (secondary N) is 1. The van der Waals surface area contributed by atoms with Crippen molar-refractivity contribution in [1.29, 1.82) is 0 Å². The third kappa shape index (κ3) is 2.75. The molecule has 5 nitrogen and oxygen atoms in total. The molecule has 1 N–H and O–H groups in total. The average molecular weight is 301 g/mol. The van der Waals surface area contributed by atoms with Gasteiger partial charge in [0.15, 0.2) is 0 Å². The zero-order chi connectivity index (χ0) is 14.7. The minimum atomic E-state index is -3.49. The van der Waals surface area contributed by atoms with Crippen molar-refractivity contribution in [1.82, 2.24) is 4.31 Å². The Hall–Kier alpha value is -2.34. The Balaban J connectivity index is 1.71. The molecule has 108 valence electrons. The molecular weight excluding hydrogens is 286 g/mol. The Kier molecular flexibility index (Phi) is 3.62. The van der Waals surface area contributed by atoms with Gasteiger partial charge >= 0.3 is 0 Å². The number of para-hydroxylation sites is 2. The van der Waals surface area contributed by atoms with Crippen LogP contribution in [-0.4, -0.2) is 32.2 Å². The second kappa shape index (κ2) is 5.57. The van der Waals surface area contributed by atoms with Gasteiger partial charge in [-0.1, -0.05) is 30.3 Å². The molecule has 0 aromatic heterocycles. The highest BCUT2D eigenvalue weighted by molar-refractivity contribution is 7.89. The van der Waals surface area contributed by atoms with E-state index in [0.29, 0.717) is 18.8 Å². The normalized spacial score (nSPS) is 15.5. The third-order valence-electron chi connectivity index (χ3n) is 3.21. The van der Waals surface area contributed by atoms with Gasteiger partial charge in [0.1, 0.15) is 11.2 Å². The van der Waals surface area contributed by atoms with Crippen LogP contribution in [0.5, 0.6) is 0 Å². The molecule has 0 amide bonds. The summed E-state index contributed by atoms with van der Waals surface area (Å²) in [6.07, 6.45) is 1.38. The minimum absolute atomic E-state index is 0.257. The van der Waals surface area contributed by atoms with Crippen molar-refractivity contribution >= 4 is 27.7 Å². The van der Waals surface area contributed by atoms with Crippen molar-refractivity contribution in [2.45, 2.75) is 4.90 Å². The molecule has 0 spiro atoms. The van der Waals surface area contributed by atoms with Crippen molar-refractivity contribution in [3.05, 3.63) is 54.6 Å². The molecule has 2 aromatic carbocycles. The van der Waals surface area contributed by atoms with E-state index in [1.165, 1.54) is 10.6 Å². The first-order chi connectivity index (χ1) is 10.2. The number of anilines is 1. The molecule has 3 rings (SSSR count). The maximum atomic E-state index is 12.5. The fourth-order valence-corrected chi connectivity index (χ4v) is 3.53. The SMILES string of the molecule is O=S1(=O)c2ccccc2N=CN1CCNc1ccccc1. The summed E-state index contributed by atoms with van der Waals surface area (Å²) in [7, 11) is -3.49. The van der Waals surface area contributed by atoms with E-state index in [9.17, 15) is 8.42 Å². The van der Waals surface area contributed by atoms with Crippen LogP contribution in [0, 0.1) is 0 Å². The van der Waals surface area contributed by atoms with Crippen molar-refractivity contribution in [2.75, 3.05) is 18.4 Å². The zero-order valence-corrected chi connectivity index (χ0v) is 12.1. The summed E-state index contributed by atoms with van der Waals surface area (Å²) in [5.41, 5.74) is 1.45. The van der Waals surface area contributed by atoms with Gasteiger partial charge in [0.25, 0.3) is 10.0 Å². The van der Waals surface area contributed by atoms with Crippen molar-refractivity contribution in [3.8, 4) is 0 Å². The molecule has 6 heteroatoms. The van der Waals surface area contributed by atoms with E-state index >= 15 is 0 Å². The van der Waals surface area contributed by atoms with Crippen molar-refractivity contribution < 1.29 is 8.42 Å². The predicted molar refractivity (Wildman–Crippen MR) is 83.4 cm³/mol. The summed E-state index contributed by atoms with van der Waals surface area (Å²) >= 11 is 0. The van der Waals surface area contributed by atoms with E-state index < -0.39 is 10.0 Å². The average Bonchev–Trinajstić information content (AvgIpc) is 2.51. The topological polar surface area (TPSA) is 61.8 Å². The van der Waals surface area contributed by atoms with Crippen LogP contribution >= 0.6 is 0 Å². The van der Waals surface area contributed by atoms with Crippen molar-refractivity contribution in [2.24, 2.45) is 4.99 Å². The summed E-state index contributed by atoms with van der Waals surface area (Å²) in [4.78, 5) is 4.45. The largest absolute Gasteiger partial charge is 0.383 e. The molecule has 1 heterocycles. The highest BCUT2D eigenvalue weighted by atomic mass is 32.2. The maximum absolute atomic E-state index is 12.5. The summed E-state index contributed by atoms with van der Waals surface area (Å²) in [6, 6.07) is 16.4. The van der Waals surface area contributed by atoms with Gasteiger partial charge in [-0.15, -0.1) is 0 Å². The quantitative estimate of drug-likeness (QED) is 0.943. The van der Waals surface area contributed by atoms with E-state index in [2.05, 4.69) is 10.3 Å². The molecule has 0 radical (unpaired) electrons. The van der Waals surface area contributed by atoms with Gasteiger partial charge in [-0.3, -0.25) is 4.31 Å². The molecule has 0 saturated carbocycles. The van der Waals surface area contributed by atoms with E-state index in [1.807, 2.05) is 30.3 Å². The first kappa shape index (κ1) is 13.6. The number of rotatable bonds is 4. The van der Waals surface area contributed by atoms with E-state index in [1.54, 1.807) is 24.3 Å². The van der Waals surface area contributed by atoms with Gasteiger partial charge in [0.2, 0.25) is 0 Å². The van der Waals surface area contributed by atoms with Gasteiger partial charge in [-0.05, 0) is 24.3 Å². The molecule has 0 aliphatic carbocycles. The highest BCUT2D eigenvalue weighted by Crippen LogP contribution is 2.29. The van der Waals surface area contributed by atoms with Gasteiger partial charge in [0.05, 0.1) is 12.2 Å². The lowest BCUT2D eigenvalue weighted by Crippen LogP contribution is -2.35. The van der Waals surface area contributed by atoms with E-state index in [0.717, 1.165) is 5.69 Å². The van der Waals surface area contributed by atoms with E-state index in [4.69, 9.17) is 0 Å². The third-order valence-corrected chi connectivity index (χ3v) is 5.01. The van der Waals surface area contributed by atoms with Crippen LogP contribution in [0.4, 0.5) is 11.4 Å². The smallest absolute Gasteiger partial charge is 0.267 e. The van der Waals surface area contributed by atoms with Gasteiger partial charge < -0.3 is 5.32 Å². The molecule has 2 aromatic rings. The van der Waals surface area contributed by atoms with Crippen LogP contribution in [0.2, 0.25) is 0 Å². The zero-order valence-electron chi connectivity index (χ0n) is 11.3. The number of aliphatic imine (C=N–C) groups is 1. The molecule has 0 fully saturated rings. The summed E-state index contributed by atoms with van der Waals surface area (Å²) in [5, 5.41) is 3.19. The molecule has 1 aliphatic rings. The number of nitrogens with zero attached hydrogens (tertiary/aromatic N) is 2. The summed E-state index contributed by atoms with van der Waals surface area (Å²) < 4.78 is 26.2. The molecule has 0 saturated heterocycles. The second-order valence-electron chi connectivity index (χ2n) is 4.62. The van der Waals surface area contributed by atoms with Crippen LogP contribution in [-0.2, 0) is 10.0 Å². The molecule has 1 aliphatic heterocycles. The second-order valence-corrected chi connectivity index (χ2v) is 6.48. The van der Waals surface area contributed by atoms with Crippen molar-refractivity contribution in [3.63, 3.8) is 0 Å². The Morgan fingerprint density at radius 2 is 1.71 bits per heavy atom.